The monoisotopic (exact) mass is 285 g/mol. The second kappa shape index (κ2) is 3.97. The minimum absolute atomic E-state index is 0.128. The van der Waals surface area contributed by atoms with Gasteiger partial charge in [0.2, 0.25) is 11.2 Å². The van der Waals surface area contributed by atoms with Gasteiger partial charge in [0.15, 0.2) is 4.98 Å². The molecule has 1 aliphatic carbocycles. The van der Waals surface area contributed by atoms with Crippen LogP contribution in [0, 0.1) is 25.6 Å². The number of benzene rings is 2. The summed E-state index contributed by atoms with van der Waals surface area (Å²) in [5.74, 6) is -0.382. The number of diazo groups is 1. The first-order valence-electron chi connectivity index (χ1n) is 5.65. The molecule has 0 aromatic heterocycles. The van der Waals surface area contributed by atoms with Crippen molar-refractivity contribution in [3.05, 3.63) is 60.6 Å². The van der Waals surface area contributed by atoms with Crippen LogP contribution in [0.3, 0.4) is 0 Å². The zero-order valence-electron chi connectivity index (χ0n) is 10.2. The van der Waals surface area contributed by atoms with Crippen molar-refractivity contribution in [3.63, 3.8) is 0 Å². The van der Waals surface area contributed by atoms with Crippen molar-refractivity contribution in [2.45, 2.75) is 0 Å². The van der Waals surface area contributed by atoms with Crippen molar-refractivity contribution < 1.29 is 15.0 Å². The highest BCUT2D eigenvalue weighted by atomic mass is 16.6. The highest BCUT2D eigenvalue weighted by Gasteiger charge is 2.38. The molecule has 0 atom stereocenters. The summed E-state index contributed by atoms with van der Waals surface area (Å²) in [5.41, 5.74) is -0.717. The van der Waals surface area contributed by atoms with Crippen molar-refractivity contribution in [2.75, 3.05) is 0 Å². The van der Waals surface area contributed by atoms with Crippen LogP contribution in [0.25, 0.3) is 27.2 Å². The summed E-state index contributed by atoms with van der Waals surface area (Å²) in [6.07, 6.45) is 0. The molecule has 0 saturated heterocycles. The van der Waals surface area contributed by atoms with Gasteiger partial charge in [-0.25, -0.2) is 0 Å². The van der Waals surface area contributed by atoms with Gasteiger partial charge in [0.25, 0.3) is 11.4 Å². The molecule has 3 rings (SSSR count). The Hall–Kier alpha value is -3.54. The third kappa shape index (κ3) is 1.47. The third-order valence-electron chi connectivity index (χ3n) is 3.34. The van der Waals surface area contributed by atoms with Crippen LogP contribution in [-0.4, -0.2) is 15.0 Å². The summed E-state index contributed by atoms with van der Waals surface area (Å²) in [6, 6.07) is 4.70. The van der Waals surface area contributed by atoms with Gasteiger partial charge in [0.05, 0.1) is 15.4 Å². The highest BCUT2D eigenvalue weighted by molar-refractivity contribution is 6.17. The van der Waals surface area contributed by atoms with E-state index in [0.717, 1.165) is 12.1 Å². The first-order valence-corrected chi connectivity index (χ1v) is 5.65. The van der Waals surface area contributed by atoms with Crippen LogP contribution in [0.15, 0.2) is 24.3 Å². The molecule has 0 saturated carbocycles. The Balaban J connectivity index is 2.58. The van der Waals surface area contributed by atoms with E-state index in [2.05, 4.69) is 4.98 Å². The van der Waals surface area contributed by atoms with E-state index in [1.807, 2.05) is 0 Å². The number of hydrogen-bond acceptors (Lipinski definition) is 6. The van der Waals surface area contributed by atoms with Crippen LogP contribution in [0.2, 0.25) is 0 Å². The van der Waals surface area contributed by atoms with Crippen LogP contribution in [0.4, 0.5) is 11.4 Å². The van der Waals surface area contributed by atoms with Gasteiger partial charge in [0.1, 0.15) is 5.39 Å². The van der Waals surface area contributed by atoms with Crippen molar-refractivity contribution >= 4 is 33.6 Å². The first-order chi connectivity index (χ1) is 9.97. The van der Waals surface area contributed by atoms with E-state index in [-0.39, 0.29) is 33.4 Å². The Morgan fingerprint density at radius 3 is 1.95 bits per heavy atom. The number of nitro benzene ring substituents is 2. The summed E-state index contributed by atoms with van der Waals surface area (Å²) in [6.45, 7) is 0. The molecule has 1 aliphatic rings. The fraction of sp³-hybridized carbons (Fsp3) is 0. The summed E-state index contributed by atoms with van der Waals surface area (Å²) >= 11 is 0. The zero-order chi connectivity index (χ0) is 15.3. The summed E-state index contributed by atoms with van der Waals surface area (Å²) in [4.78, 5) is 23.7. The predicted octanol–water partition coefficient (Wildman–Crippen LogP) is 3.21. The molecule has 0 heterocycles. The average molecular weight is 285 g/mol. The summed E-state index contributed by atoms with van der Waals surface area (Å²) < 4.78 is 0. The average Bonchev–Trinajstić information content (AvgIpc) is 2.72. The zero-order valence-corrected chi connectivity index (χ0v) is 10.2. The fourth-order valence-corrected chi connectivity index (χ4v) is 2.51. The van der Waals surface area contributed by atoms with Crippen molar-refractivity contribution in [3.8, 4) is 0 Å². The van der Waals surface area contributed by atoms with Gasteiger partial charge in [-0.3, -0.25) is 20.2 Å². The molecule has 21 heavy (non-hydrogen) atoms. The molecule has 2 aromatic carbocycles. The number of non-ortho nitro benzene ring substituents is 2. The van der Waals surface area contributed by atoms with Crippen LogP contribution in [0.1, 0.15) is 11.1 Å². The van der Waals surface area contributed by atoms with E-state index < -0.39 is 21.2 Å². The Morgan fingerprint density at radius 1 is 0.952 bits per heavy atom. The quantitative estimate of drug-likeness (QED) is 0.511. The molecule has 0 bridgehead atoms. The lowest BCUT2D eigenvalue weighted by Gasteiger charge is -2.03. The van der Waals surface area contributed by atoms with Gasteiger partial charge >= 0.3 is 5.70 Å². The number of nitro groups is 2. The van der Waals surface area contributed by atoms with Crippen LogP contribution in [0.5, 0.6) is 0 Å². The van der Waals surface area contributed by atoms with Crippen molar-refractivity contribution in [2.24, 2.45) is 0 Å². The second-order valence-electron chi connectivity index (χ2n) is 4.33. The molecule has 9 heteroatoms. The number of nitrogens with zero attached hydrogens (tertiary/aromatic N) is 4. The van der Waals surface area contributed by atoms with Gasteiger partial charge in [-0.1, -0.05) is 0 Å². The van der Waals surface area contributed by atoms with Gasteiger partial charge in [0, 0.05) is 23.1 Å². The molecular weight excluding hydrogens is 280 g/mol. The number of hydrogen-bond donors (Lipinski definition) is 1. The van der Waals surface area contributed by atoms with Crippen molar-refractivity contribution in [1.82, 2.24) is 0 Å². The lowest BCUT2D eigenvalue weighted by molar-refractivity contribution is -0.390. The molecule has 1 N–H and O–H groups in total. The second-order valence-corrected chi connectivity index (χ2v) is 4.33. The summed E-state index contributed by atoms with van der Waals surface area (Å²) in [5, 5.41) is 41.1. The molecule has 0 fully saturated rings. The standard InChI is InChI=1S/C12H4N4O5/c13-14-11-5-1-3-7(15(18)19)10-8(16(20)21)4-2-6(9(5)10)12(11)17/h1-4H/p+1. The van der Waals surface area contributed by atoms with E-state index in [9.17, 15) is 25.3 Å². The molecule has 0 radical (unpaired) electrons. The third-order valence-corrected chi connectivity index (χ3v) is 3.34. The molecular formula is C12H5N4O5+. The lowest BCUT2D eigenvalue weighted by atomic mass is 10.0. The molecule has 9 nitrogen and oxygen atoms in total. The minimum Gasteiger partial charge on any atom is -0.501 e. The van der Waals surface area contributed by atoms with Gasteiger partial charge in [-0.2, -0.15) is 0 Å². The molecule has 0 unspecified atom stereocenters. The van der Waals surface area contributed by atoms with Crippen LogP contribution in [-0.2, 0) is 0 Å². The molecule has 0 spiro atoms. The van der Waals surface area contributed by atoms with E-state index in [0.29, 0.717) is 0 Å². The van der Waals surface area contributed by atoms with Gasteiger partial charge in [-0.05, 0) is 12.1 Å². The van der Waals surface area contributed by atoms with Gasteiger partial charge in [-0.15, -0.1) is 0 Å². The van der Waals surface area contributed by atoms with Crippen LogP contribution < -0.4 is 0 Å². The smallest absolute Gasteiger partial charge is 0.434 e. The molecule has 0 aliphatic heterocycles. The number of aliphatic hydroxyl groups excluding tert-OH is 1. The Morgan fingerprint density at radius 2 is 1.48 bits per heavy atom. The van der Waals surface area contributed by atoms with E-state index in [1.165, 1.54) is 12.1 Å². The van der Waals surface area contributed by atoms with E-state index in [1.54, 1.807) is 0 Å². The molecule has 102 valence electrons. The SMILES string of the molecule is N#[N+]C1=C(O)c2ccc([N+](=O)[O-])c3c([N+](=O)[O-])ccc1c23. The summed E-state index contributed by atoms with van der Waals surface area (Å²) in [7, 11) is 0. The van der Waals surface area contributed by atoms with Gasteiger partial charge < -0.3 is 5.11 Å². The highest BCUT2D eigenvalue weighted by Crippen LogP contribution is 2.47. The predicted molar refractivity (Wildman–Crippen MR) is 71.8 cm³/mol. The Kier molecular flexibility index (Phi) is 2.36. The largest absolute Gasteiger partial charge is 0.501 e. The molecule has 0 amide bonds. The minimum atomic E-state index is -0.735. The number of rotatable bonds is 2. The van der Waals surface area contributed by atoms with Crippen molar-refractivity contribution in [1.29, 1.82) is 5.39 Å². The normalized spacial score (nSPS) is 12.5. The number of aliphatic hydroxyl groups is 1. The van der Waals surface area contributed by atoms with E-state index >= 15 is 0 Å². The molecule has 2 aromatic rings. The van der Waals surface area contributed by atoms with E-state index in [4.69, 9.17) is 5.39 Å². The maximum atomic E-state index is 11.1. The first kappa shape index (κ1) is 12.5. The van der Waals surface area contributed by atoms with Crippen LogP contribution >= 0.6 is 0 Å². The Bertz CT molecular complexity index is 905. The lowest BCUT2D eigenvalue weighted by Crippen LogP contribution is -1.96. The fourth-order valence-electron chi connectivity index (χ4n) is 2.51. The maximum Gasteiger partial charge on any atom is 0.434 e. The maximum absolute atomic E-state index is 11.1. The topological polar surface area (TPSA) is 135 Å². The Labute approximate surface area is 115 Å².